The summed E-state index contributed by atoms with van der Waals surface area (Å²) in [5, 5.41) is 0. The van der Waals surface area contributed by atoms with Crippen molar-refractivity contribution in [2.24, 2.45) is 0 Å². The normalized spacial score (nSPS) is 11.2. The first kappa shape index (κ1) is 11.3. The van der Waals surface area contributed by atoms with Gasteiger partial charge in [-0.05, 0) is 29.7 Å². The number of hydrogen-bond donors (Lipinski definition) is 0. The number of rotatable bonds is 3. The summed E-state index contributed by atoms with van der Waals surface area (Å²) < 4.78 is 0. The van der Waals surface area contributed by atoms with Gasteiger partial charge in [0, 0.05) is 18.0 Å². The van der Waals surface area contributed by atoms with Gasteiger partial charge in [0.25, 0.3) is 0 Å². The molecule has 0 radical (unpaired) electrons. The minimum Gasteiger partial charge on any atom is -0.264 e. The van der Waals surface area contributed by atoms with Gasteiger partial charge >= 0.3 is 0 Å². The minimum absolute atomic E-state index is 1.13. The Labute approximate surface area is 102 Å². The van der Waals surface area contributed by atoms with Crippen LogP contribution in [0, 0.1) is 0 Å². The summed E-state index contributed by atoms with van der Waals surface area (Å²) in [6.07, 6.45) is 7.67. The van der Waals surface area contributed by atoms with Crippen LogP contribution in [0.2, 0.25) is 0 Å². The molecule has 0 aliphatic heterocycles. The van der Waals surface area contributed by atoms with E-state index in [1.165, 1.54) is 11.1 Å². The van der Waals surface area contributed by atoms with Crippen molar-refractivity contribution in [2.75, 3.05) is 0 Å². The zero-order valence-electron chi connectivity index (χ0n) is 9.93. The van der Waals surface area contributed by atoms with Gasteiger partial charge in [0.1, 0.15) is 0 Å². The predicted octanol–water partition coefficient (Wildman–Crippen LogP) is 4.18. The molecule has 2 rings (SSSR count). The molecule has 1 aromatic carbocycles. The van der Waals surface area contributed by atoms with Crippen molar-refractivity contribution in [3.8, 4) is 0 Å². The number of nitrogens with zero attached hydrogens (tertiary/aromatic N) is 1. The molecule has 0 unspecified atom stereocenters. The lowest BCUT2D eigenvalue weighted by atomic mass is 9.95. The van der Waals surface area contributed by atoms with Gasteiger partial charge in [-0.25, -0.2) is 0 Å². The third kappa shape index (κ3) is 2.34. The van der Waals surface area contributed by atoms with E-state index in [4.69, 9.17) is 0 Å². The molecule has 0 aliphatic carbocycles. The van der Waals surface area contributed by atoms with E-state index in [1.54, 1.807) is 6.20 Å². The molecule has 0 saturated carbocycles. The first-order valence-corrected chi connectivity index (χ1v) is 5.65. The third-order valence-electron chi connectivity index (χ3n) is 2.73. The van der Waals surface area contributed by atoms with Crippen LogP contribution in [0.15, 0.2) is 61.4 Å². The van der Waals surface area contributed by atoms with Gasteiger partial charge in [0.2, 0.25) is 0 Å². The van der Waals surface area contributed by atoms with E-state index < -0.39 is 0 Å². The van der Waals surface area contributed by atoms with E-state index in [-0.39, 0.29) is 0 Å². The van der Waals surface area contributed by atoms with E-state index in [1.807, 2.05) is 37.4 Å². The van der Waals surface area contributed by atoms with E-state index in [0.29, 0.717) is 0 Å². The highest BCUT2D eigenvalue weighted by atomic mass is 14.6. The summed E-state index contributed by atoms with van der Waals surface area (Å²) in [5.41, 5.74) is 4.65. The molecule has 1 heteroatoms. The Morgan fingerprint density at radius 1 is 1.18 bits per heavy atom. The zero-order valence-corrected chi connectivity index (χ0v) is 9.93. The maximum atomic E-state index is 4.17. The molecule has 0 saturated heterocycles. The summed E-state index contributed by atoms with van der Waals surface area (Å²) in [6.45, 7) is 5.90. The van der Waals surface area contributed by atoms with Gasteiger partial charge in [0.15, 0.2) is 0 Å². The Balaban J connectivity index is 2.55. The molecule has 0 N–H and O–H groups in total. The van der Waals surface area contributed by atoms with Gasteiger partial charge in [-0.2, -0.15) is 0 Å². The van der Waals surface area contributed by atoms with Crippen LogP contribution in [0.3, 0.4) is 0 Å². The predicted molar refractivity (Wildman–Crippen MR) is 73.5 cm³/mol. The number of hydrogen-bond acceptors (Lipinski definition) is 1. The van der Waals surface area contributed by atoms with Gasteiger partial charge in [-0.15, -0.1) is 0 Å². The maximum absolute atomic E-state index is 4.17. The second-order valence-electron chi connectivity index (χ2n) is 3.74. The molecule has 1 nitrogen and oxygen atoms in total. The lowest BCUT2D eigenvalue weighted by Gasteiger charge is -2.10. The summed E-state index contributed by atoms with van der Waals surface area (Å²) in [4.78, 5) is 4.17. The molecule has 0 aliphatic rings. The average molecular weight is 221 g/mol. The van der Waals surface area contributed by atoms with Crippen LogP contribution in [0.25, 0.3) is 11.6 Å². The van der Waals surface area contributed by atoms with Crippen molar-refractivity contribution < 1.29 is 0 Å². The van der Waals surface area contributed by atoms with Crippen molar-refractivity contribution in [3.05, 3.63) is 78.1 Å². The highest BCUT2D eigenvalue weighted by molar-refractivity contribution is 5.83. The monoisotopic (exact) mass is 221 g/mol. The smallest absolute Gasteiger partial charge is 0.0346 e. The first-order valence-electron chi connectivity index (χ1n) is 5.65. The molecular formula is C16H15N. The van der Waals surface area contributed by atoms with Crippen molar-refractivity contribution in [1.29, 1.82) is 0 Å². The van der Waals surface area contributed by atoms with Crippen LogP contribution in [-0.2, 0) is 0 Å². The van der Waals surface area contributed by atoms with Crippen molar-refractivity contribution in [1.82, 2.24) is 4.98 Å². The standard InChI is InChI=1S/C16H15N/c1-3-13-8-5-6-10-16(13)15(4-2)14-9-7-11-17-12-14/h3-12H,1H2,2H3/b15-4-. The van der Waals surface area contributed by atoms with Crippen LogP contribution in [0.1, 0.15) is 23.6 Å². The maximum Gasteiger partial charge on any atom is 0.0346 e. The molecule has 84 valence electrons. The average Bonchev–Trinajstić information content (AvgIpc) is 2.41. The van der Waals surface area contributed by atoms with Crippen molar-refractivity contribution in [3.63, 3.8) is 0 Å². The quantitative estimate of drug-likeness (QED) is 0.757. The molecular weight excluding hydrogens is 206 g/mol. The summed E-state index contributed by atoms with van der Waals surface area (Å²) in [7, 11) is 0. The Hall–Kier alpha value is -2.15. The van der Waals surface area contributed by atoms with E-state index in [0.717, 1.165) is 11.1 Å². The topological polar surface area (TPSA) is 12.9 Å². The number of benzene rings is 1. The van der Waals surface area contributed by atoms with Crippen LogP contribution in [0.5, 0.6) is 0 Å². The minimum atomic E-state index is 1.13. The molecule has 0 spiro atoms. The summed E-state index contributed by atoms with van der Waals surface area (Å²) >= 11 is 0. The number of allylic oxidation sites excluding steroid dienone is 1. The zero-order chi connectivity index (χ0) is 12.1. The van der Waals surface area contributed by atoms with Crippen LogP contribution in [-0.4, -0.2) is 4.98 Å². The molecule has 0 amide bonds. The van der Waals surface area contributed by atoms with Gasteiger partial charge in [-0.1, -0.05) is 49.1 Å². The van der Waals surface area contributed by atoms with Crippen LogP contribution in [0.4, 0.5) is 0 Å². The van der Waals surface area contributed by atoms with Crippen molar-refractivity contribution >= 4 is 11.6 Å². The fraction of sp³-hybridized carbons (Fsp3) is 0.0625. The molecule has 0 atom stereocenters. The van der Waals surface area contributed by atoms with Crippen LogP contribution < -0.4 is 0 Å². The van der Waals surface area contributed by atoms with E-state index in [9.17, 15) is 0 Å². The molecule has 17 heavy (non-hydrogen) atoms. The molecule has 1 heterocycles. The van der Waals surface area contributed by atoms with Crippen molar-refractivity contribution in [2.45, 2.75) is 6.92 Å². The Bertz CT molecular complexity index is 538. The fourth-order valence-corrected chi connectivity index (χ4v) is 1.92. The second-order valence-corrected chi connectivity index (χ2v) is 3.74. The summed E-state index contributed by atoms with van der Waals surface area (Å²) in [6, 6.07) is 12.3. The van der Waals surface area contributed by atoms with E-state index >= 15 is 0 Å². The summed E-state index contributed by atoms with van der Waals surface area (Å²) in [5.74, 6) is 0. The Morgan fingerprint density at radius 2 is 2.00 bits per heavy atom. The molecule has 1 aromatic heterocycles. The van der Waals surface area contributed by atoms with Gasteiger partial charge in [-0.3, -0.25) is 4.98 Å². The molecule has 0 bridgehead atoms. The van der Waals surface area contributed by atoms with Gasteiger partial charge < -0.3 is 0 Å². The Morgan fingerprint density at radius 3 is 2.65 bits per heavy atom. The number of aromatic nitrogens is 1. The van der Waals surface area contributed by atoms with Crippen LogP contribution >= 0.6 is 0 Å². The Kier molecular flexibility index (Phi) is 3.51. The lowest BCUT2D eigenvalue weighted by Crippen LogP contribution is -1.91. The third-order valence-corrected chi connectivity index (χ3v) is 2.73. The number of pyridine rings is 1. The second kappa shape index (κ2) is 5.26. The largest absolute Gasteiger partial charge is 0.264 e. The highest BCUT2D eigenvalue weighted by Crippen LogP contribution is 2.26. The molecule has 0 fully saturated rings. The van der Waals surface area contributed by atoms with Gasteiger partial charge in [0.05, 0.1) is 0 Å². The lowest BCUT2D eigenvalue weighted by molar-refractivity contribution is 1.30. The molecule has 2 aromatic rings. The first-order chi connectivity index (χ1) is 8.36. The fourth-order valence-electron chi connectivity index (χ4n) is 1.92. The highest BCUT2D eigenvalue weighted by Gasteiger charge is 2.06. The SMILES string of the molecule is C=Cc1ccccc1/C(=C\C)c1cccnc1. The van der Waals surface area contributed by atoms with E-state index in [2.05, 4.69) is 35.8 Å².